The van der Waals surface area contributed by atoms with E-state index in [0.717, 1.165) is 14.4 Å². The van der Waals surface area contributed by atoms with Gasteiger partial charge in [-0.2, -0.15) is 0 Å². The first kappa shape index (κ1) is 13.5. The van der Waals surface area contributed by atoms with E-state index in [0.29, 0.717) is 13.0 Å². The highest BCUT2D eigenvalue weighted by molar-refractivity contribution is 9.11. The second kappa shape index (κ2) is 6.26. The first-order valence-electron chi connectivity index (χ1n) is 5.67. The average molecular weight is 328 g/mol. The molecule has 0 amide bonds. The summed E-state index contributed by atoms with van der Waals surface area (Å²) in [5.74, 6) is 0.174. The van der Waals surface area contributed by atoms with E-state index >= 15 is 0 Å². The van der Waals surface area contributed by atoms with Gasteiger partial charge in [-0.25, -0.2) is 4.98 Å². The molecule has 0 saturated carbocycles. The number of nitrogens with zero attached hydrogens (tertiary/aromatic N) is 1. The van der Waals surface area contributed by atoms with Crippen LogP contribution < -0.4 is 5.32 Å². The number of halogens is 1. The van der Waals surface area contributed by atoms with Gasteiger partial charge in [0.2, 0.25) is 0 Å². The van der Waals surface area contributed by atoms with Crippen LogP contribution in [0.4, 0.5) is 0 Å². The lowest BCUT2D eigenvalue weighted by Gasteiger charge is -2.10. The molecule has 0 spiro atoms. The Bertz CT molecular complexity index is 509. The first-order chi connectivity index (χ1) is 8.66. The van der Waals surface area contributed by atoms with Gasteiger partial charge < -0.3 is 10.3 Å². The molecule has 1 atom stereocenters. The second-order valence-corrected chi connectivity index (χ2v) is 6.41. The normalized spacial score (nSPS) is 12.6. The smallest absolute Gasteiger partial charge is 0.174 e. The molecule has 2 aromatic rings. The average Bonchev–Trinajstić information content (AvgIpc) is 2.99. The van der Waals surface area contributed by atoms with Crippen molar-refractivity contribution in [3.8, 4) is 0 Å². The van der Waals surface area contributed by atoms with E-state index < -0.39 is 0 Å². The number of imidazole rings is 1. The fraction of sp³-hybridized carbons (Fsp3) is 0.333. The zero-order valence-corrected chi connectivity index (χ0v) is 12.3. The lowest BCUT2D eigenvalue weighted by atomic mass is 10.2. The van der Waals surface area contributed by atoms with Crippen molar-refractivity contribution >= 4 is 33.0 Å². The Hall–Kier alpha value is -0.980. The van der Waals surface area contributed by atoms with E-state index in [1.165, 1.54) is 11.3 Å². The summed E-state index contributed by atoms with van der Waals surface area (Å²) < 4.78 is 0.990. The molecule has 0 aliphatic carbocycles. The maximum atomic E-state index is 11.9. The SMILES string of the molecule is CC(NCCC(=O)c1ccc(Br)s1)c1c[nH]cn1. The topological polar surface area (TPSA) is 57.8 Å². The minimum atomic E-state index is 0.152. The standard InChI is InChI=1S/C12H14BrN3OS/c1-8(9-6-14-7-16-9)15-5-4-10(17)11-2-3-12(13)18-11/h2-3,6-8,15H,4-5H2,1H3,(H,14,16). The zero-order valence-electron chi connectivity index (χ0n) is 9.94. The molecule has 2 aromatic heterocycles. The van der Waals surface area contributed by atoms with Crippen molar-refractivity contribution in [1.82, 2.24) is 15.3 Å². The van der Waals surface area contributed by atoms with Crippen LogP contribution in [0, 0.1) is 0 Å². The number of Topliss-reactive ketones (excluding diaryl/α,β-unsaturated/α-hetero) is 1. The summed E-state index contributed by atoms with van der Waals surface area (Å²) in [6.45, 7) is 2.69. The van der Waals surface area contributed by atoms with Crippen molar-refractivity contribution < 1.29 is 4.79 Å². The highest BCUT2D eigenvalue weighted by atomic mass is 79.9. The van der Waals surface area contributed by atoms with Crippen LogP contribution in [0.15, 0.2) is 28.4 Å². The number of aromatic amines is 1. The van der Waals surface area contributed by atoms with Gasteiger partial charge in [0.15, 0.2) is 5.78 Å². The van der Waals surface area contributed by atoms with E-state index in [1.807, 2.05) is 25.3 Å². The molecule has 2 N–H and O–H groups in total. The molecule has 2 rings (SSSR count). The van der Waals surface area contributed by atoms with Crippen molar-refractivity contribution in [1.29, 1.82) is 0 Å². The summed E-state index contributed by atoms with van der Waals surface area (Å²) >= 11 is 4.83. The molecule has 0 aromatic carbocycles. The molecule has 2 heterocycles. The van der Waals surface area contributed by atoms with Crippen LogP contribution >= 0.6 is 27.3 Å². The Kier molecular flexibility index (Phi) is 4.68. The van der Waals surface area contributed by atoms with Gasteiger partial charge in [-0.05, 0) is 35.0 Å². The molecule has 0 fully saturated rings. The van der Waals surface area contributed by atoms with Crippen LogP contribution in [0.5, 0.6) is 0 Å². The Morgan fingerprint density at radius 2 is 2.44 bits per heavy atom. The molecular formula is C12H14BrN3OS. The summed E-state index contributed by atoms with van der Waals surface area (Å²) in [4.78, 5) is 19.7. The third-order valence-corrected chi connectivity index (χ3v) is 4.28. The number of aromatic nitrogens is 2. The number of thiophene rings is 1. The number of hydrogen-bond acceptors (Lipinski definition) is 4. The van der Waals surface area contributed by atoms with Crippen molar-refractivity contribution in [3.63, 3.8) is 0 Å². The molecular weight excluding hydrogens is 314 g/mol. The van der Waals surface area contributed by atoms with E-state index in [2.05, 4.69) is 31.2 Å². The van der Waals surface area contributed by atoms with Crippen LogP contribution in [0.3, 0.4) is 0 Å². The molecule has 0 radical (unpaired) electrons. The molecule has 0 aliphatic rings. The molecule has 1 unspecified atom stereocenters. The van der Waals surface area contributed by atoms with Gasteiger partial charge in [-0.3, -0.25) is 4.79 Å². The van der Waals surface area contributed by atoms with E-state index in [9.17, 15) is 4.79 Å². The Labute approximate surface area is 118 Å². The molecule has 18 heavy (non-hydrogen) atoms. The number of ketones is 1. The summed E-state index contributed by atoms with van der Waals surface area (Å²) in [5.41, 5.74) is 0.960. The molecule has 4 nitrogen and oxygen atoms in total. The van der Waals surface area contributed by atoms with Crippen LogP contribution in [-0.2, 0) is 0 Å². The number of carbonyl (C=O) groups excluding carboxylic acids is 1. The van der Waals surface area contributed by atoms with Crippen LogP contribution in [0.25, 0.3) is 0 Å². The molecule has 0 aliphatic heterocycles. The second-order valence-electron chi connectivity index (χ2n) is 3.95. The molecule has 0 saturated heterocycles. The molecule has 96 valence electrons. The Morgan fingerprint density at radius 3 is 3.06 bits per heavy atom. The lowest BCUT2D eigenvalue weighted by Crippen LogP contribution is -2.22. The molecule has 6 heteroatoms. The predicted molar refractivity (Wildman–Crippen MR) is 76.0 cm³/mol. The fourth-order valence-corrected chi connectivity index (χ4v) is 2.96. The van der Waals surface area contributed by atoms with Crippen LogP contribution in [-0.4, -0.2) is 22.3 Å². The van der Waals surface area contributed by atoms with Crippen molar-refractivity contribution in [3.05, 3.63) is 39.0 Å². The fourth-order valence-electron chi connectivity index (χ4n) is 1.60. The summed E-state index contributed by atoms with van der Waals surface area (Å²) in [6.07, 6.45) is 4.01. The van der Waals surface area contributed by atoms with Gasteiger partial charge in [0.25, 0.3) is 0 Å². The number of hydrogen-bond donors (Lipinski definition) is 2. The van der Waals surface area contributed by atoms with Crippen LogP contribution in [0.2, 0.25) is 0 Å². The third kappa shape index (κ3) is 3.51. The van der Waals surface area contributed by atoms with Gasteiger partial charge in [-0.1, -0.05) is 0 Å². The Balaban J connectivity index is 1.77. The number of rotatable bonds is 6. The van der Waals surface area contributed by atoms with E-state index in [1.54, 1.807) is 6.33 Å². The van der Waals surface area contributed by atoms with Gasteiger partial charge in [0.05, 0.1) is 20.7 Å². The number of H-pyrrole nitrogens is 1. The van der Waals surface area contributed by atoms with Gasteiger partial charge in [0, 0.05) is 25.2 Å². The lowest BCUT2D eigenvalue weighted by molar-refractivity contribution is 0.0985. The van der Waals surface area contributed by atoms with Gasteiger partial charge in [-0.15, -0.1) is 11.3 Å². The first-order valence-corrected chi connectivity index (χ1v) is 7.28. The molecule has 0 bridgehead atoms. The van der Waals surface area contributed by atoms with Crippen molar-refractivity contribution in [2.24, 2.45) is 0 Å². The number of carbonyl (C=O) groups is 1. The highest BCUT2D eigenvalue weighted by Crippen LogP contribution is 2.23. The third-order valence-electron chi connectivity index (χ3n) is 2.61. The summed E-state index contributed by atoms with van der Waals surface area (Å²) in [6, 6.07) is 3.91. The van der Waals surface area contributed by atoms with Crippen molar-refractivity contribution in [2.75, 3.05) is 6.54 Å². The number of nitrogens with one attached hydrogen (secondary N) is 2. The maximum Gasteiger partial charge on any atom is 0.174 e. The summed E-state index contributed by atoms with van der Waals surface area (Å²) in [5, 5.41) is 3.28. The van der Waals surface area contributed by atoms with Gasteiger partial charge >= 0.3 is 0 Å². The van der Waals surface area contributed by atoms with E-state index in [4.69, 9.17) is 0 Å². The van der Waals surface area contributed by atoms with E-state index in [-0.39, 0.29) is 11.8 Å². The predicted octanol–water partition coefficient (Wildman–Crippen LogP) is 3.16. The maximum absolute atomic E-state index is 11.9. The summed E-state index contributed by atoms with van der Waals surface area (Å²) in [7, 11) is 0. The minimum absolute atomic E-state index is 0.152. The minimum Gasteiger partial charge on any atom is -0.351 e. The largest absolute Gasteiger partial charge is 0.351 e. The van der Waals surface area contributed by atoms with Crippen LogP contribution in [0.1, 0.15) is 34.8 Å². The monoisotopic (exact) mass is 327 g/mol. The Morgan fingerprint density at radius 1 is 1.61 bits per heavy atom. The quantitative estimate of drug-likeness (QED) is 0.801. The zero-order chi connectivity index (χ0) is 13.0. The highest BCUT2D eigenvalue weighted by Gasteiger charge is 2.10. The van der Waals surface area contributed by atoms with Crippen molar-refractivity contribution in [2.45, 2.75) is 19.4 Å². The van der Waals surface area contributed by atoms with Gasteiger partial charge in [0.1, 0.15) is 0 Å².